The van der Waals surface area contributed by atoms with E-state index in [-0.39, 0.29) is 34.6 Å². The Morgan fingerprint density at radius 1 is 1.40 bits per heavy atom. The fraction of sp³-hybridized carbons (Fsp3) is 0.273. The Morgan fingerprint density at radius 2 is 2.26 bits per heavy atom. The summed E-state index contributed by atoms with van der Waals surface area (Å²) in [5.74, 6) is -2.11. The number of rotatable bonds is 14. The van der Waals surface area contributed by atoms with Crippen LogP contribution < -0.4 is 10.6 Å². The number of amides is 3. The number of nitrogens with zero attached hydrogens (tertiary/aromatic N) is 8. The summed E-state index contributed by atoms with van der Waals surface area (Å²) in [4.78, 5) is 60.1. The molecule has 3 amide bonds. The molecule has 3 aromatic heterocycles. The van der Waals surface area contributed by atoms with Crippen molar-refractivity contribution in [3.05, 3.63) is 53.0 Å². The van der Waals surface area contributed by atoms with Gasteiger partial charge in [0.05, 0.1) is 6.54 Å². The first kappa shape index (κ1) is 29.0. The number of aliphatic carboxylic acids is 1. The van der Waals surface area contributed by atoms with E-state index in [1.807, 2.05) is 0 Å². The number of allylic oxidation sites excluding steroid dienone is 1. The zero-order valence-corrected chi connectivity index (χ0v) is 23.7. The van der Waals surface area contributed by atoms with Gasteiger partial charge in [0.2, 0.25) is 11.6 Å². The third kappa shape index (κ3) is 6.04. The minimum Gasteiger partial charge on any atom is -0.477 e. The zero-order chi connectivity index (χ0) is 29.6. The highest BCUT2D eigenvalue weighted by atomic mass is 32.2. The van der Waals surface area contributed by atoms with Gasteiger partial charge in [0, 0.05) is 23.0 Å². The fourth-order valence-electron chi connectivity index (χ4n) is 3.87. The number of carbonyl (C=O) groups is 4. The molecule has 0 bridgehead atoms. The number of hydrogen-bond donors (Lipinski definition) is 3. The third-order valence-electron chi connectivity index (χ3n) is 5.72. The first-order valence-corrected chi connectivity index (χ1v) is 14.8. The molecule has 3 N–H and O–H groups in total. The Kier molecular flexibility index (Phi) is 8.93. The smallest absolute Gasteiger partial charge is 0.352 e. The molecule has 0 radical (unpaired) electrons. The van der Waals surface area contributed by atoms with E-state index in [0.717, 1.165) is 16.2 Å². The Morgan fingerprint density at radius 3 is 3.00 bits per heavy atom. The van der Waals surface area contributed by atoms with Crippen LogP contribution >= 0.6 is 34.9 Å². The molecule has 5 rings (SSSR count). The second-order valence-corrected chi connectivity index (χ2v) is 11.2. The second-order valence-electron chi connectivity index (χ2n) is 8.34. The van der Waals surface area contributed by atoms with Gasteiger partial charge in [-0.1, -0.05) is 28.2 Å². The van der Waals surface area contributed by atoms with E-state index >= 15 is 0 Å². The predicted octanol–water partition coefficient (Wildman–Crippen LogP) is 0.324. The highest BCUT2D eigenvalue weighted by Crippen LogP contribution is 2.41. The van der Waals surface area contributed by atoms with Crippen LogP contribution in [0, 0.1) is 0 Å². The van der Waals surface area contributed by atoms with Gasteiger partial charge in [0.15, 0.2) is 17.5 Å². The maximum absolute atomic E-state index is 13.3. The van der Waals surface area contributed by atoms with Crippen molar-refractivity contribution in [2.75, 3.05) is 16.8 Å². The molecule has 17 nitrogen and oxygen atoms in total. The molecule has 1 fully saturated rings. The van der Waals surface area contributed by atoms with Crippen molar-refractivity contribution >= 4 is 69.9 Å². The number of hydrogen-bond acceptors (Lipinski definition) is 15. The largest absolute Gasteiger partial charge is 0.477 e. The van der Waals surface area contributed by atoms with Gasteiger partial charge in [-0.3, -0.25) is 19.3 Å². The lowest BCUT2D eigenvalue weighted by molar-refractivity contribution is -0.150. The quantitative estimate of drug-likeness (QED) is 0.0544. The maximum Gasteiger partial charge on any atom is 0.352 e. The van der Waals surface area contributed by atoms with E-state index in [1.165, 1.54) is 39.8 Å². The van der Waals surface area contributed by atoms with Crippen LogP contribution in [-0.4, -0.2) is 93.2 Å². The van der Waals surface area contributed by atoms with Gasteiger partial charge in [-0.2, -0.15) is 0 Å². The lowest BCUT2D eigenvalue weighted by Crippen LogP contribution is -2.71. The molecule has 0 aliphatic carbocycles. The van der Waals surface area contributed by atoms with Crippen LogP contribution in [0.15, 0.2) is 56.5 Å². The molecule has 0 aromatic carbocycles. The lowest BCUT2D eigenvalue weighted by atomic mass is 10.0. The van der Waals surface area contributed by atoms with Crippen molar-refractivity contribution in [3.63, 3.8) is 0 Å². The highest BCUT2D eigenvalue weighted by molar-refractivity contribution is 8.01. The molecular weight excluding hydrogens is 613 g/mol. The molecule has 0 saturated carbocycles. The molecule has 42 heavy (non-hydrogen) atoms. The summed E-state index contributed by atoms with van der Waals surface area (Å²) in [6.07, 6.45) is 3.41. The minimum absolute atomic E-state index is 0.0890. The standard InChI is InChI=1S/C22H20N10O7S3/c1-2-4-31-22(26-29-30-31)42-8-11-7-40-19-15(18(35)32(19)16(11)20(36)37)25-17(34)14(13-9-41-21(24-13)23-10-33)28-39-6-12-3-5-38-27-12/h2-3,5,9-10,15,19H,1,4,6-8H2,(H,25,34)(H,36,37)(H,23,24,33)/t15?,19-/m1/s1. The number of fused-ring (bicyclic) bond motifs is 1. The molecule has 2 atom stereocenters. The summed E-state index contributed by atoms with van der Waals surface area (Å²) in [5.41, 5.74) is 0.623. The number of oxime groups is 1. The molecular formula is C22H20N10O7S3. The number of tetrazole rings is 1. The number of β-lactam (4-membered cyclic amide) rings is 1. The third-order valence-corrected chi connectivity index (χ3v) is 8.87. The molecule has 0 spiro atoms. The van der Waals surface area contributed by atoms with Crippen LogP contribution in [0.2, 0.25) is 0 Å². The van der Waals surface area contributed by atoms with E-state index in [1.54, 1.807) is 12.1 Å². The van der Waals surface area contributed by atoms with Gasteiger partial charge in [0.25, 0.3) is 11.8 Å². The molecule has 2 aliphatic heterocycles. The number of thioether (sulfide) groups is 2. The van der Waals surface area contributed by atoms with E-state index in [9.17, 15) is 24.3 Å². The zero-order valence-electron chi connectivity index (χ0n) is 21.3. The van der Waals surface area contributed by atoms with Crippen molar-refractivity contribution in [2.45, 2.75) is 29.7 Å². The Labute approximate surface area is 248 Å². The van der Waals surface area contributed by atoms with Crippen LogP contribution in [0.25, 0.3) is 0 Å². The topological polar surface area (TPSA) is 220 Å². The number of carboxylic acid groups (broad SMARTS) is 1. The fourth-order valence-corrected chi connectivity index (χ4v) is 6.90. The SMILES string of the molecule is C=CCn1nnnc1SCC1=C(C(=O)O)N2C(=O)C(NC(=O)C(=NOCc3ccon3)c3csc(NC=O)n3)[C@H]2SC1. The average molecular weight is 633 g/mol. The van der Waals surface area contributed by atoms with Crippen molar-refractivity contribution in [1.29, 1.82) is 0 Å². The Bertz CT molecular complexity index is 1570. The first-order chi connectivity index (χ1) is 20.4. The first-order valence-electron chi connectivity index (χ1n) is 11.9. The summed E-state index contributed by atoms with van der Waals surface area (Å²) in [5, 5.41) is 35.5. The molecule has 1 saturated heterocycles. The van der Waals surface area contributed by atoms with Gasteiger partial charge < -0.3 is 25.1 Å². The Hall–Kier alpha value is -4.56. The molecule has 1 unspecified atom stereocenters. The number of anilines is 1. The predicted molar refractivity (Wildman–Crippen MR) is 148 cm³/mol. The van der Waals surface area contributed by atoms with Crippen molar-refractivity contribution < 1.29 is 33.6 Å². The van der Waals surface area contributed by atoms with Crippen LogP contribution in [0.4, 0.5) is 5.13 Å². The number of thiazole rings is 1. The molecule has 5 heterocycles. The van der Waals surface area contributed by atoms with E-state index in [2.05, 4.69) is 48.0 Å². The Balaban J connectivity index is 1.30. The van der Waals surface area contributed by atoms with Crippen molar-refractivity contribution in [3.8, 4) is 0 Å². The maximum atomic E-state index is 13.3. The molecule has 3 aromatic rings. The van der Waals surface area contributed by atoms with E-state index in [4.69, 9.17) is 9.36 Å². The molecule has 2 aliphatic rings. The number of carbonyl (C=O) groups excluding carboxylic acids is 3. The van der Waals surface area contributed by atoms with Gasteiger partial charge >= 0.3 is 5.97 Å². The van der Waals surface area contributed by atoms with Gasteiger partial charge in [-0.25, -0.2) is 14.5 Å². The average Bonchev–Trinajstić information content (AvgIpc) is 3.76. The van der Waals surface area contributed by atoms with Crippen molar-refractivity contribution in [1.82, 2.24) is 40.6 Å². The van der Waals surface area contributed by atoms with Crippen LogP contribution in [0.1, 0.15) is 11.4 Å². The second kappa shape index (κ2) is 13.0. The summed E-state index contributed by atoms with van der Waals surface area (Å²) >= 11 is 3.60. The molecule has 20 heteroatoms. The normalized spacial score (nSPS) is 18.2. The van der Waals surface area contributed by atoms with Crippen molar-refractivity contribution in [2.24, 2.45) is 5.16 Å². The number of carboxylic acids is 1. The van der Waals surface area contributed by atoms with E-state index < -0.39 is 29.2 Å². The van der Waals surface area contributed by atoms with Crippen LogP contribution in [0.5, 0.6) is 0 Å². The summed E-state index contributed by atoms with van der Waals surface area (Å²) < 4.78 is 6.26. The highest BCUT2D eigenvalue weighted by Gasteiger charge is 2.54. The van der Waals surface area contributed by atoms with Gasteiger partial charge in [-0.05, 0) is 16.0 Å². The monoisotopic (exact) mass is 632 g/mol. The lowest BCUT2D eigenvalue weighted by Gasteiger charge is -2.49. The van der Waals surface area contributed by atoms with Gasteiger partial charge in [0.1, 0.15) is 34.8 Å². The minimum atomic E-state index is -1.26. The number of nitrogens with one attached hydrogen (secondary N) is 2. The van der Waals surface area contributed by atoms with E-state index in [0.29, 0.717) is 35.1 Å². The molecule has 218 valence electrons. The summed E-state index contributed by atoms with van der Waals surface area (Å²) in [6.45, 7) is 3.93. The summed E-state index contributed by atoms with van der Waals surface area (Å²) in [6, 6.07) is 0.521. The van der Waals surface area contributed by atoms with Crippen LogP contribution in [-0.2, 0) is 37.2 Å². The summed E-state index contributed by atoms with van der Waals surface area (Å²) in [7, 11) is 0. The van der Waals surface area contributed by atoms with Gasteiger partial charge in [-0.15, -0.1) is 34.8 Å². The number of aromatic nitrogens is 6. The van der Waals surface area contributed by atoms with Crippen LogP contribution in [0.3, 0.4) is 0 Å².